The molecule has 0 aliphatic carbocycles. The molecule has 19 heavy (non-hydrogen) atoms. The number of esters is 1. The molecular formula is C15H21NO3. The van der Waals surface area contributed by atoms with Gasteiger partial charge in [-0.25, -0.2) is 0 Å². The number of amides is 1. The maximum atomic E-state index is 11.6. The van der Waals surface area contributed by atoms with E-state index in [1.165, 1.54) is 23.8 Å². The monoisotopic (exact) mass is 263 g/mol. The Morgan fingerprint density at radius 3 is 2.42 bits per heavy atom. The highest BCUT2D eigenvalue weighted by atomic mass is 16.5. The number of hydrogen-bond acceptors (Lipinski definition) is 3. The van der Waals surface area contributed by atoms with Crippen LogP contribution >= 0.6 is 0 Å². The van der Waals surface area contributed by atoms with Crippen LogP contribution in [0.15, 0.2) is 12.1 Å². The molecule has 0 heterocycles. The second-order valence-corrected chi connectivity index (χ2v) is 4.64. The molecule has 0 spiro atoms. The minimum atomic E-state index is -0.363. The van der Waals surface area contributed by atoms with Crippen molar-refractivity contribution in [3.05, 3.63) is 34.4 Å². The summed E-state index contributed by atoms with van der Waals surface area (Å²) in [7, 11) is 1.32. The summed E-state index contributed by atoms with van der Waals surface area (Å²) in [4.78, 5) is 22.5. The van der Waals surface area contributed by atoms with Crippen LogP contribution in [0.3, 0.4) is 0 Å². The van der Waals surface area contributed by atoms with Crippen molar-refractivity contribution in [3.63, 3.8) is 0 Å². The van der Waals surface area contributed by atoms with E-state index >= 15 is 0 Å². The van der Waals surface area contributed by atoms with Gasteiger partial charge in [-0.2, -0.15) is 0 Å². The number of benzene rings is 1. The lowest BCUT2D eigenvalue weighted by molar-refractivity contribution is -0.142. The van der Waals surface area contributed by atoms with Gasteiger partial charge in [-0.3, -0.25) is 9.59 Å². The average Bonchev–Trinajstić information content (AvgIpc) is 2.41. The first-order valence-electron chi connectivity index (χ1n) is 6.35. The van der Waals surface area contributed by atoms with Crippen LogP contribution in [0.5, 0.6) is 0 Å². The van der Waals surface area contributed by atoms with Crippen LogP contribution in [0.1, 0.15) is 35.1 Å². The van der Waals surface area contributed by atoms with E-state index in [0.717, 1.165) is 5.56 Å². The zero-order chi connectivity index (χ0) is 14.4. The molecule has 0 saturated heterocycles. The maximum Gasteiger partial charge on any atom is 0.306 e. The van der Waals surface area contributed by atoms with E-state index < -0.39 is 0 Å². The second-order valence-electron chi connectivity index (χ2n) is 4.64. The van der Waals surface area contributed by atoms with Gasteiger partial charge in [0.1, 0.15) is 0 Å². The fourth-order valence-corrected chi connectivity index (χ4v) is 1.80. The SMILES string of the molecule is COC(=O)CCC(=O)NCc1ccc(C)c(C)c1C. The Morgan fingerprint density at radius 2 is 1.79 bits per heavy atom. The molecule has 0 bridgehead atoms. The molecule has 4 nitrogen and oxygen atoms in total. The van der Waals surface area contributed by atoms with Gasteiger partial charge < -0.3 is 10.1 Å². The predicted octanol–water partition coefficient (Wildman–Crippen LogP) is 2.18. The van der Waals surface area contributed by atoms with Crippen LogP contribution in [0.2, 0.25) is 0 Å². The molecule has 0 aromatic heterocycles. The molecule has 0 radical (unpaired) electrons. The number of carbonyl (C=O) groups is 2. The predicted molar refractivity (Wildman–Crippen MR) is 73.7 cm³/mol. The first kappa shape index (κ1) is 15.2. The van der Waals surface area contributed by atoms with Gasteiger partial charge in [-0.15, -0.1) is 0 Å². The molecule has 0 atom stereocenters. The van der Waals surface area contributed by atoms with Gasteiger partial charge in [0, 0.05) is 13.0 Å². The first-order chi connectivity index (χ1) is 8.95. The largest absolute Gasteiger partial charge is 0.469 e. The van der Waals surface area contributed by atoms with Crippen LogP contribution in [0.25, 0.3) is 0 Å². The van der Waals surface area contributed by atoms with Gasteiger partial charge in [0.2, 0.25) is 5.91 Å². The summed E-state index contributed by atoms with van der Waals surface area (Å²) in [5.74, 6) is -0.500. The topological polar surface area (TPSA) is 55.4 Å². The molecule has 0 fully saturated rings. The molecule has 0 aliphatic rings. The summed E-state index contributed by atoms with van der Waals surface area (Å²) in [5.41, 5.74) is 4.81. The normalized spacial score (nSPS) is 10.1. The maximum absolute atomic E-state index is 11.6. The number of carbonyl (C=O) groups excluding carboxylic acids is 2. The fraction of sp³-hybridized carbons (Fsp3) is 0.467. The second kappa shape index (κ2) is 6.92. The number of rotatable bonds is 5. The number of ether oxygens (including phenoxy) is 1. The lowest BCUT2D eigenvalue weighted by Gasteiger charge is -2.12. The van der Waals surface area contributed by atoms with Gasteiger partial charge in [0.15, 0.2) is 0 Å². The first-order valence-corrected chi connectivity index (χ1v) is 6.35. The Morgan fingerprint density at radius 1 is 1.11 bits per heavy atom. The van der Waals surface area contributed by atoms with Crippen LogP contribution in [0, 0.1) is 20.8 Å². The van der Waals surface area contributed by atoms with Crippen molar-refractivity contribution in [2.24, 2.45) is 0 Å². The molecule has 1 aromatic rings. The highest BCUT2D eigenvalue weighted by molar-refractivity contribution is 5.81. The quantitative estimate of drug-likeness (QED) is 0.828. The number of aryl methyl sites for hydroxylation is 1. The lowest BCUT2D eigenvalue weighted by atomic mass is 9.99. The standard InChI is InChI=1S/C15H21NO3/c1-10-5-6-13(12(3)11(10)2)9-16-14(17)7-8-15(18)19-4/h5-6H,7-9H2,1-4H3,(H,16,17). The van der Waals surface area contributed by atoms with Gasteiger partial charge in [-0.05, 0) is 43.0 Å². The molecule has 1 aromatic carbocycles. The van der Waals surface area contributed by atoms with Crippen LogP contribution in [-0.4, -0.2) is 19.0 Å². The Labute approximate surface area is 114 Å². The van der Waals surface area contributed by atoms with E-state index in [2.05, 4.69) is 36.9 Å². The third-order valence-corrected chi connectivity index (χ3v) is 3.43. The fourth-order valence-electron chi connectivity index (χ4n) is 1.80. The van der Waals surface area contributed by atoms with E-state index in [-0.39, 0.29) is 24.7 Å². The van der Waals surface area contributed by atoms with E-state index in [4.69, 9.17) is 0 Å². The van der Waals surface area contributed by atoms with Crippen molar-refractivity contribution >= 4 is 11.9 Å². The van der Waals surface area contributed by atoms with Crippen molar-refractivity contribution in [1.82, 2.24) is 5.32 Å². The van der Waals surface area contributed by atoms with Crippen LogP contribution in [0.4, 0.5) is 0 Å². The summed E-state index contributed by atoms with van der Waals surface area (Å²) in [6.45, 7) is 6.69. The van der Waals surface area contributed by atoms with Crippen molar-refractivity contribution < 1.29 is 14.3 Å². The lowest BCUT2D eigenvalue weighted by Crippen LogP contribution is -2.24. The Hall–Kier alpha value is -1.84. The zero-order valence-electron chi connectivity index (χ0n) is 12.0. The molecule has 1 amide bonds. The molecule has 0 unspecified atom stereocenters. The molecule has 1 rings (SSSR count). The summed E-state index contributed by atoms with van der Waals surface area (Å²) >= 11 is 0. The van der Waals surface area contributed by atoms with E-state index in [1.54, 1.807) is 0 Å². The van der Waals surface area contributed by atoms with E-state index in [1.807, 2.05) is 6.07 Å². The summed E-state index contributed by atoms with van der Waals surface area (Å²) in [5, 5.41) is 2.82. The highest BCUT2D eigenvalue weighted by Gasteiger charge is 2.08. The highest BCUT2D eigenvalue weighted by Crippen LogP contribution is 2.16. The summed E-state index contributed by atoms with van der Waals surface area (Å²) in [6.07, 6.45) is 0.283. The third-order valence-electron chi connectivity index (χ3n) is 3.43. The van der Waals surface area contributed by atoms with Crippen molar-refractivity contribution in [3.8, 4) is 0 Å². The number of nitrogens with one attached hydrogen (secondary N) is 1. The van der Waals surface area contributed by atoms with Crippen molar-refractivity contribution in [1.29, 1.82) is 0 Å². The van der Waals surface area contributed by atoms with Crippen LogP contribution in [-0.2, 0) is 20.9 Å². The van der Waals surface area contributed by atoms with Gasteiger partial charge in [-0.1, -0.05) is 12.1 Å². The Balaban J connectivity index is 2.51. The summed E-state index contributed by atoms with van der Waals surface area (Å²) < 4.78 is 4.49. The molecular weight excluding hydrogens is 242 g/mol. The van der Waals surface area contributed by atoms with Crippen LogP contribution < -0.4 is 5.32 Å². The van der Waals surface area contributed by atoms with Crippen molar-refractivity contribution in [2.45, 2.75) is 40.2 Å². The van der Waals surface area contributed by atoms with Crippen molar-refractivity contribution in [2.75, 3.05) is 7.11 Å². The molecule has 0 saturated carbocycles. The number of methoxy groups -OCH3 is 1. The Bertz CT molecular complexity index is 481. The minimum absolute atomic E-state index is 0.119. The van der Waals surface area contributed by atoms with Gasteiger partial charge in [0.25, 0.3) is 0 Å². The van der Waals surface area contributed by atoms with Gasteiger partial charge >= 0.3 is 5.97 Å². The smallest absolute Gasteiger partial charge is 0.306 e. The van der Waals surface area contributed by atoms with E-state index in [0.29, 0.717) is 6.54 Å². The third kappa shape index (κ3) is 4.39. The molecule has 1 N–H and O–H groups in total. The zero-order valence-corrected chi connectivity index (χ0v) is 12.0. The van der Waals surface area contributed by atoms with E-state index in [9.17, 15) is 9.59 Å². The average molecular weight is 263 g/mol. The Kier molecular flexibility index (Phi) is 5.55. The molecule has 0 aliphatic heterocycles. The van der Waals surface area contributed by atoms with Gasteiger partial charge in [0.05, 0.1) is 13.5 Å². The molecule has 4 heteroatoms. The summed E-state index contributed by atoms with van der Waals surface area (Å²) in [6, 6.07) is 4.08. The number of hydrogen-bond donors (Lipinski definition) is 1. The molecule has 104 valence electrons. The minimum Gasteiger partial charge on any atom is -0.469 e.